The van der Waals surface area contributed by atoms with Crippen LogP contribution in [0.25, 0.3) is 11.8 Å². The molecule has 0 aliphatic carbocycles. The lowest BCUT2D eigenvalue weighted by molar-refractivity contribution is -0.136. The average Bonchev–Trinajstić information content (AvgIpc) is 2.92. The molecule has 1 aromatic heterocycles. The molecule has 0 atom stereocenters. The minimum absolute atomic E-state index is 0.157. The number of hydrogen-bond acceptors (Lipinski definition) is 6. The normalized spacial score (nSPS) is 12.5. The predicted molar refractivity (Wildman–Crippen MR) is 103 cm³/mol. The Labute approximate surface area is 159 Å². The van der Waals surface area contributed by atoms with Gasteiger partial charge in [-0.3, -0.25) is 9.36 Å². The summed E-state index contributed by atoms with van der Waals surface area (Å²) < 4.78 is 7.04. The van der Waals surface area contributed by atoms with E-state index in [4.69, 9.17) is 16.3 Å². The lowest BCUT2D eigenvalue weighted by Crippen LogP contribution is -2.33. The minimum atomic E-state index is -0.726. The number of aromatic nitrogens is 1. The largest absolute Gasteiger partial charge is 0.462 e. The second kappa shape index (κ2) is 8.70. The molecular formula is C18H18ClN3O3S. The highest BCUT2D eigenvalue weighted by atomic mass is 35.5. The maximum absolute atomic E-state index is 12.7. The van der Waals surface area contributed by atoms with E-state index in [1.54, 1.807) is 44.1 Å². The Bertz CT molecular complexity index is 1020. The van der Waals surface area contributed by atoms with Gasteiger partial charge < -0.3 is 9.64 Å². The Balaban J connectivity index is 2.64. The van der Waals surface area contributed by atoms with Gasteiger partial charge in [-0.1, -0.05) is 11.6 Å². The fourth-order valence-electron chi connectivity index (χ4n) is 2.29. The number of carbonyl (C=O) groups excluding carboxylic acids is 1. The van der Waals surface area contributed by atoms with Crippen LogP contribution in [0, 0.1) is 11.3 Å². The first-order chi connectivity index (χ1) is 12.4. The molecule has 1 heterocycles. The number of rotatable bonds is 5. The maximum Gasteiger partial charge on any atom is 0.351 e. The van der Waals surface area contributed by atoms with Crippen LogP contribution in [0.1, 0.15) is 13.8 Å². The number of thiazole rings is 1. The molecule has 0 radical (unpaired) electrons. The quantitative estimate of drug-likeness (QED) is 0.725. The third-order valence-corrected chi connectivity index (χ3v) is 4.94. The number of nitriles is 1. The second-order valence-electron chi connectivity index (χ2n) is 5.24. The first kappa shape index (κ1) is 19.8. The molecule has 2 rings (SSSR count). The summed E-state index contributed by atoms with van der Waals surface area (Å²) in [5.74, 6) is -0.726. The van der Waals surface area contributed by atoms with Crippen molar-refractivity contribution < 1.29 is 9.53 Å². The summed E-state index contributed by atoms with van der Waals surface area (Å²) in [5.41, 5.74) is 0.427. The monoisotopic (exact) mass is 391 g/mol. The Morgan fingerprint density at radius 1 is 1.38 bits per heavy atom. The van der Waals surface area contributed by atoms with Crippen molar-refractivity contribution in [1.82, 2.24) is 4.57 Å². The summed E-state index contributed by atoms with van der Waals surface area (Å²) in [5, 5.41) is 9.97. The summed E-state index contributed by atoms with van der Waals surface area (Å²) in [6.45, 7) is 3.94. The molecular weight excluding hydrogens is 374 g/mol. The van der Waals surface area contributed by atoms with E-state index in [2.05, 4.69) is 0 Å². The molecule has 0 aliphatic heterocycles. The van der Waals surface area contributed by atoms with Crippen molar-refractivity contribution in [3.63, 3.8) is 0 Å². The van der Waals surface area contributed by atoms with Crippen molar-refractivity contribution in [2.45, 2.75) is 20.4 Å². The van der Waals surface area contributed by atoms with Gasteiger partial charge in [0.2, 0.25) is 0 Å². The topological polar surface area (TPSA) is 75.3 Å². The standard InChI is InChI=1S/C18H18ClN3O3S/c1-4-22-16(23)15(11-21(3)13-8-6-12(19)7-9-13)26-17(22)14(10-20)18(24)25-5-2/h6-9,11H,4-5H2,1-3H3. The highest BCUT2D eigenvalue weighted by Crippen LogP contribution is 2.16. The first-order valence-electron chi connectivity index (χ1n) is 7.94. The highest BCUT2D eigenvalue weighted by molar-refractivity contribution is 7.07. The molecule has 0 N–H and O–H groups in total. The Morgan fingerprint density at radius 3 is 2.58 bits per heavy atom. The van der Waals surface area contributed by atoms with Gasteiger partial charge in [-0.2, -0.15) is 5.26 Å². The van der Waals surface area contributed by atoms with Crippen molar-refractivity contribution in [3.8, 4) is 6.07 Å². The number of halogens is 1. The van der Waals surface area contributed by atoms with Crippen LogP contribution in [0.3, 0.4) is 0 Å². The molecule has 2 aromatic rings. The van der Waals surface area contributed by atoms with Crippen LogP contribution in [0.15, 0.2) is 29.1 Å². The molecule has 0 aliphatic rings. The lowest BCUT2D eigenvalue weighted by Gasteiger charge is -2.13. The number of esters is 1. The molecule has 136 valence electrons. The van der Waals surface area contributed by atoms with Gasteiger partial charge in [0.05, 0.1) is 6.61 Å². The van der Waals surface area contributed by atoms with Crippen LogP contribution >= 0.6 is 22.9 Å². The molecule has 0 amide bonds. The van der Waals surface area contributed by atoms with Crippen LogP contribution in [0.2, 0.25) is 5.02 Å². The summed E-state index contributed by atoms with van der Waals surface area (Å²) in [6, 6.07) is 9.04. The van der Waals surface area contributed by atoms with E-state index in [1.807, 2.05) is 18.2 Å². The summed E-state index contributed by atoms with van der Waals surface area (Å²) in [4.78, 5) is 26.5. The van der Waals surface area contributed by atoms with Crippen molar-refractivity contribution >= 4 is 46.4 Å². The second-order valence-corrected chi connectivity index (χ2v) is 6.71. The van der Waals surface area contributed by atoms with E-state index < -0.39 is 5.97 Å². The van der Waals surface area contributed by atoms with Crippen molar-refractivity contribution in [2.75, 3.05) is 18.6 Å². The molecule has 0 unspecified atom stereocenters. The number of nitrogens with zero attached hydrogens (tertiary/aromatic N) is 3. The number of anilines is 1. The zero-order chi connectivity index (χ0) is 19.3. The van der Waals surface area contributed by atoms with Crippen molar-refractivity contribution in [2.24, 2.45) is 0 Å². The molecule has 0 fully saturated rings. The average molecular weight is 392 g/mol. The smallest absolute Gasteiger partial charge is 0.351 e. The van der Waals surface area contributed by atoms with E-state index in [9.17, 15) is 14.9 Å². The van der Waals surface area contributed by atoms with E-state index >= 15 is 0 Å². The molecule has 8 heteroatoms. The third kappa shape index (κ3) is 4.15. The lowest BCUT2D eigenvalue weighted by atomic mass is 10.3. The summed E-state index contributed by atoms with van der Waals surface area (Å²) >= 11 is 6.98. The number of ether oxygens (including phenoxy) is 1. The van der Waals surface area contributed by atoms with E-state index in [0.717, 1.165) is 17.0 Å². The van der Waals surface area contributed by atoms with E-state index in [-0.39, 0.29) is 17.7 Å². The molecule has 26 heavy (non-hydrogen) atoms. The van der Waals surface area contributed by atoms with Gasteiger partial charge in [0.25, 0.3) is 5.56 Å². The fraction of sp³-hybridized carbons (Fsp3) is 0.278. The van der Waals surface area contributed by atoms with Crippen LogP contribution < -0.4 is 19.7 Å². The van der Waals surface area contributed by atoms with E-state index in [1.165, 1.54) is 4.57 Å². The van der Waals surface area contributed by atoms with Gasteiger partial charge in [-0.15, -0.1) is 11.3 Å². The van der Waals surface area contributed by atoms with Gasteiger partial charge in [-0.25, -0.2) is 4.79 Å². The number of carbonyl (C=O) groups is 1. The molecule has 0 spiro atoms. The summed E-state index contributed by atoms with van der Waals surface area (Å²) in [6.07, 6.45) is 1.67. The van der Waals surface area contributed by atoms with Crippen LogP contribution in [0.5, 0.6) is 0 Å². The van der Waals surface area contributed by atoms with Crippen molar-refractivity contribution in [3.05, 3.63) is 48.8 Å². The minimum Gasteiger partial charge on any atom is -0.462 e. The van der Waals surface area contributed by atoms with Gasteiger partial charge in [-0.05, 0) is 38.1 Å². The van der Waals surface area contributed by atoms with Gasteiger partial charge >= 0.3 is 5.97 Å². The molecule has 6 nitrogen and oxygen atoms in total. The SMILES string of the molecule is CCOC(=O)C(C#N)=c1sc(=CN(C)c2ccc(Cl)cc2)c(=O)n1CC. The Kier molecular flexibility index (Phi) is 6.61. The molecule has 1 aromatic carbocycles. The third-order valence-electron chi connectivity index (χ3n) is 3.57. The van der Waals surface area contributed by atoms with Crippen LogP contribution in [-0.2, 0) is 16.1 Å². The molecule has 0 saturated carbocycles. The zero-order valence-electron chi connectivity index (χ0n) is 14.7. The number of hydrogen-bond donors (Lipinski definition) is 0. The van der Waals surface area contributed by atoms with Gasteiger partial charge in [0.15, 0.2) is 5.57 Å². The Morgan fingerprint density at radius 2 is 2.04 bits per heavy atom. The highest BCUT2D eigenvalue weighted by Gasteiger charge is 2.16. The maximum atomic E-state index is 12.7. The first-order valence-corrected chi connectivity index (χ1v) is 9.13. The summed E-state index contributed by atoms with van der Waals surface area (Å²) in [7, 11) is 1.80. The molecule has 0 saturated heterocycles. The van der Waals surface area contributed by atoms with E-state index in [0.29, 0.717) is 20.8 Å². The zero-order valence-corrected chi connectivity index (χ0v) is 16.2. The van der Waals surface area contributed by atoms with Crippen LogP contribution in [-0.4, -0.2) is 24.2 Å². The predicted octanol–water partition coefficient (Wildman–Crippen LogP) is 1.69. The van der Waals surface area contributed by atoms with Crippen LogP contribution in [0.4, 0.5) is 5.69 Å². The van der Waals surface area contributed by atoms with Crippen molar-refractivity contribution in [1.29, 1.82) is 5.26 Å². The number of benzene rings is 1. The fourth-order valence-corrected chi connectivity index (χ4v) is 3.59. The van der Waals surface area contributed by atoms with Gasteiger partial charge in [0.1, 0.15) is 15.3 Å². The Hall–Kier alpha value is -2.56. The van der Waals surface area contributed by atoms with Gasteiger partial charge in [0, 0.05) is 30.5 Å². The molecule has 0 bridgehead atoms.